The number of hydrogen-bond acceptors (Lipinski definition) is 5. The third kappa shape index (κ3) is 5.70. The van der Waals surface area contributed by atoms with Crippen molar-refractivity contribution >= 4 is 50.6 Å². The third-order valence-corrected chi connectivity index (χ3v) is 7.85. The zero-order valence-electron chi connectivity index (χ0n) is 17.4. The van der Waals surface area contributed by atoms with Gasteiger partial charge in [-0.05, 0) is 50.1 Å². The number of phenols is 1. The van der Waals surface area contributed by atoms with Crippen molar-refractivity contribution in [2.45, 2.75) is 30.2 Å². The molecule has 1 saturated heterocycles. The Morgan fingerprint density at radius 2 is 2.00 bits per heavy atom. The highest BCUT2D eigenvalue weighted by Gasteiger charge is 2.30. The molecule has 0 aliphatic carbocycles. The van der Waals surface area contributed by atoms with E-state index in [9.17, 15) is 22.7 Å². The molecular formula is C21H23Cl2FN4O4S. The lowest BCUT2D eigenvalue weighted by Gasteiger charge is -2.23. The molecule has 1 atom stereocenters. The molecule has 1 aliphatic rings. The standard InChI is InChI=1S/C21H23Cl2FN4O4S/c1-2-28(12-10-13-5-4-11-25-13)33(31,32)20-14(22)8-9-17(19(20)29)27-21(30)26-16-7-3-6-15(24)18(16)23/h2-3,6-9,13,25,29H,1,4-5,10-12H2,(H2,26,27,30). The lowest BCUT2D eigenvalue weighted by Crippen LogP contribution is -2.32. The minimum absolute atomic E-state index is 0.00572. The molecule has 8 nitrogen and oxygen atoms in total. The first kappa shape index (κ1) is 25.1. The van der Waals surface area contributed by atoms with Crippen LogP contribution < -0.4 is 16.0 Å². The summed E-state index contributed by atoms with van der Waals surface area (Å²) in [5.41, 5.74) is -0.224. The quantitative estimate of drug-likeness (QED) is 0.378. The predicted molar refractivity (Wildman–Crippen MR) is 127 cm³/mol. The SMILES string of the molecule is C=CN(CCC1CCCN1)S(=O)(=O)c1c(Cl)ccc(NC(=O)Nc2cccc(F)c2Cl)c1O. The predicted octanol–water partition coefficient (Wildman–Crippen LogP) is 4.76. The van der Waals surface area contributed by atoms with E-state index in [0.29, 0.717) is 6.42 Å². The van der Waals surface area contributed by atoms with Crippen LogP contribution in [-0.4, -0.2) is 43.0 Å². The number of phenolic OH excluding ortho intramolecular Hbond substituents is 1. The Balaban J connectivity index is 1.82. The van der Waals surface area contributed by atoms with E-state index in [0.717, 1.165) is 36.0 Å². The molecule has 0 saturated carbocycles. The van der Waals surface area contributed by atoms with Crippen molar-refractivity contribution in [1.82, 2.24) is 9.62 Å². The lowest BCUT2D eigenvalue weighted by atomic mass is 10.2. The van der Waals surface area contributed by atoms with Gasteiger partial charge in [-0.15, -0.1) is 0 Å². The zero-order chi connectivity index (χ0) is 24.2. The fourth-order valence-corrected chi connectivity index (χ4v) is 5.55. The summed E-state index contributed by atoms with van der Waals surface area (Å²) >= 11 is 11.9. The summed E-state index contributed by atoms with van der Waals surface area (Å²) in [5, 5.41) is 18.1. The highest BCUT2D eigenvalue weighted by Crippen LogP contribution is 2.39. The molecule has 2 amide bonds. The summed E-state index contributed by atoms with van der Waals surface area (Å²) in [6.45, 7) is 4.59. The minimum atomic E-state index is -4.27. The van der Waals surface area contributed by atoms with Crippen molar-refractivity contribution in [1.29, 1.82) is 0 Å². The van der Waals surface area contributed by atoms with Crippen LogP contribution in [0.1, 0.15) is 19.3 Å². The number of amides is 2. The Morgan fingerprint density at radius 3 is 2.67 bits per heavy atom. The van der Waals surface area contributed by atoms with Crippen LogP contribution in [0.15, 0.2) is 48.0 Å². The van der Waals surface area contributed by atoms with Crippen LogP contribution in [0.4, 0.5) is 20.6 Å². The number of halogens is 3. The first-order valence-electron chi connectivity index (χ1n) is 10.1. The number of carbonyl (C=O) groups is 1. The van der Waals surface area contributed by atoms with Crippen molar-refractivity contribution in [2.24, 2.45) is 0 Å². The number of carbonyl (C=O) groups excluding carboxylic acids is 1. The van der Waals surface area contributed by atoms with Crippen molar-refractivity contribution in [3.63, 3.8) is 0 Å². The Kier molecular flexibility index (Phi) is 8.06. The highest BCUT2D eigenvalue weighted by atomic mass is 35.5. The summed E-state index contributed by atoms with van der Waals surface area (Å²) in [7, 11) is -4.27. The van der Waals surface area contributed by atoms with Gasteiger partial charge in [-0.2, -0.15) is 0 Å². The van der Waals surface area contributed by atoms with Gasteiger partial charge in [0.15, 0.2) is 5.75 Å². The highest BCUT2D eigenvalue weighted by molar-refractivity contribution is 7.89. The second kappa shape index (κ2) is 10.6. The van der Waals surface area contributed by atoms with Gasteiger partial charge in [0.2, 0.25) is 0 Å². The number of urea groups is 1. The van der Waals surface area contributed by atoms with Crippen LogP contribution in [-0.2, 0) is 10.0 Å². The fraction of sp³-hybridized carbons (Fsp3) is 0.286. The van der Waals surface area contributed by atoms with Crippen LogP contribution in [0, 0.1) is 5.82 Å². The Morgan fingerprint density at radius 1 is 1.27 bits per heavy atom. The number of aromatic hydroxyl groups is 1. The van der Waals surface area contributed by atoms with Gasteiger partial charge in [-0.25, -0.2) is 17.6 Å². The smallest absolute Gasteiger partial charge is 0.323 e. The molecule has 0 aromatic heterocycles. The van der Waals surface area contributed by atoms with E-state index < -0.39 is 32.5 Å². The molecule has 4 N–H and O–H groups in total. The number of sulfonamides is 1. The molecular weight excluding hydrogens is 494 g/mol. The lowest BCUT2D eigenvalue weighted by molar-refractivity contribution is 0.262. The molecule has 1 heterocycles. The molecule has 1 aliphatic heterocycles. The van der Waals surface area contributed by atoms with Gasteiger partial charge in [0, 0.05) is 18.8 Å². The monoisotopic (exact) mass is 516 g/mol. The molecule has 2 aromatic rings. The second-order valence-corrected chi connectivity index (χ2v) is 9.95. The summed E-state index contributed by atoms with van der Waals surface area (Å²) in [6.07, 6.45) is 3.67. The fourth-order valence-electron chi connectivity index (χ4n) is 3.48. The van der Waals surface area contributed by atoms with E-state index in [-0.39, 0.29) is 34.0 Å². The molecule has 178 valence electrons. The molecule has 33 heavy (non-hydrogen) atoms. The largest absolute Gasteiger partial charge is 0.504 e. The molecule has 0 radical (unpaired) electrons. The normalized spacial score (nSPS) is 15.8. The Hall–Kier alpha value is -2.53. The first-order valence-corrected chi connectivity index (χ1v) is 12.3. The van der Waals surface area contributed by atoms with Crippen molar-refractivity contribution in [3.8, 4) is 5.75 Å². The van der Waals surface area contributed by atoms with Gasteiger partial charge >= 0.3 is 6.03 Å². The van der Waals surface area contributed by atoms with Gasteiger partial charge < -0.3 is 21.1 Å². The number of anilines is 2. The summed E-state index contributed by atoms with van der Waals surface area (Å²) in [5.74, 6) is -1.47. The molecule has 0 bridgehead atoms. The van der Waals surface area contributed by atoms with Crippen LogP contribution >= 0.6 is 23.2 Å². The molecule has 2 aromatic carbocycles. The van der Waals surface area contributed by atoms with Gasteiger partial charge in [0.1, 0.15) is 10.7 Å². The van der Waals surface area contributed by atoms with E-state index >= 15 is 0 Å². The van der Waals surface area contributed by atoms with Gasteiger partial charge in [-0.3, -0.25) is 4.31 Å². The maximum Gasteiger partial charge on any atom is 0.323 e. The summed E-state index contributed by atoms with van der Waals surface area (Å²) < 4.78 is 41.0. The van der Waals surface area contributed by atoms with E-state index in [2.05, 4.69) is 22.5 Å². The van der Waals surface area contributed by atoms with Gasteiger partial charge in [0.05, 0.1) is 21.4 Å². The van der Waals surface area contributed by atoms with Crippen LogP contribution in [0.2, 0.25) is 10.0 Å². The van der Waals surface area contributed by atoms with E-state index in [1.165, 1.54) is 24.3 Å². The number of benzene rings is 2. The average molecular weight is 517 g/mol. The number of hydrogen-bond donors (Lipinski definition) is 4. The van der Waals surface area contributed by atoms with Gasteiger partial charge in [-0.1, -0.05) is 35.8 Å². The van der Waals surface area contributed by atoms with Crippen LogP contribution in [0.5, 0.6) is 5.75 Å². The Bertz CT molecular complexity index is 1160. The van der Waals surface area contributed by atoms with Crippen LogP contribution in [0.3, 0.4) is 0 Å². The number of nitrogens with one attached hydrogen (secondary N) is 3. The molecule has 1 unspecified atom stereocenters. The van der Waals surface area contributed by atoms with E-state index in [4.69, 9.17) is 23.2 Å². The maximum atomic E-state index is 13.6. The second-order valence-electron chi connectivity index (χ2n) is 7.33. The Labute approximate surface area is 201 Å². The van der Waals surface area contributed by atoms with Crippen molar-refractivity contribution in [2.75, 3.05) is 23.7 Å². The maximum absolute atomic E-state index is 13.6. The summed E-state index contributed by atoms with van der Waals surface area (Å²) in [6, 6.07) is 5.65. The van der Waals surface area contributed by atoms with Crippen molar-refractivity contribution < 1.29 is 22.7 Å². The molecule has 1 fully saturated rings. The average Bonchev–Trinajstić information content (AvgIpc) is 3.27. The summed E-state index contributed by atoms with van der Waals surface area (Å²) in [4.78, 5) is 11.8. The van der Waals surface area contributed by atoms with Crippen LogP contribution in [0.25, 0.3) is 0 Å². The molecule has 0 spiro atoms. The number of nitrogens with zero attached hydrogens (tertiary/aromatic N) is 1. The number of rotatable bonds is 8. The van der Waals surface area contributed by atoms with Gasteiger partial charge in [0.25, 0.3) is 10.0 Å². The third-order valence-electron chi connectivity index (χ3n) is 5.16. The van der Waals surface area contributed by atoms with E-state index in [1.807, 2.05) is 0 Å². The molecule has 12 heteroatoms. The van der Waals surface area contributed by atoms with Crippen molar-refractivity contribution in [3.05, 3.63) is 59.0 Å². The minimum Gasteiger partial charge on any atom is -0.504 e. The van der Waals surface area contributed by atoms with E-state index in [1.54, 1.807) is 0 Å². The first-order chi connectivity index (χ1) is 15.6. The molecule has 3 rings (SSSR count). The zero-order valence-corrected chi connectivity index (χ0v) is 19.8. The topological polar surface area (TPSA) is 111 Å².